The Morgan fingerprint density at radius 1 is 1.03 bits per heavy atom. The van der Waals surface area contributed by atoms with Crippen LogP contribution >= 0.6 is 15.9 Å². The molecule has 3 N–H and O–H groups in total. The van der Waals surface area contributed by atoms with Gasteiger partial charge in [0.1, 0.15) is 11.3 Å². The molecule has 5 rings (SSSR count). The number of anilines is 1. The zero-order valence-corrected chi connectivity index (χ0v) is 19.6. The van der Waals surface area contributed by atoms with Crippen molar-refractivity contribution >= 4 is 32.8 Å². The van der Waals surface area contributed by atoms with Gasteiger partial charge in [-0.15, -0.1) is 0 Å². The number of nitrogens with zero attached hydrogens (tertiary/aromatic N) is 5. The number of H-pyrrole nitrogens is 1. The Morgan fingerprint density at radius 2 is 1.81 bits per heavy atom. The number of fused-ring (bicyclic) bond motifs is 1. The minimum Gasteiger partial charge on any atom is -0.366 e. The van der Waals surface area contributed by atoms with Gasteiger partial charge in [-0.25, -0.2) is 9.97 Å². The van der Waals surface area contributed by atoms with Crippen molar-refractivity contribution in [1.29, 1.82) is 0 Å². The molecule has 1 aliphatic heterocycles. The first-order chi connectivity index (χ1) is 15.6. The molecule has 0 spiro atoms. The lowest BCUT2D eigenvalue weighted by Crippen LogP contribution is -2.46. The lowest BCUT2D eigenvalue weighted by atomic mass is 10.1. The molecule has 32 heavy (non-hydrogen) atoms. The summed E-state index contributed by atoms with van der Waals surface area (Å²) >= 11 is 3.73. The van der Waals surface area contributed by atoms with E-state index < -0.39 is 0 Å². The molecule has 3 aromatic heterocycles. The number of benzene rings is 1. The van der Waals surface area contributed by atoms with Gasteiger partial charge in [-0.2, -0.15) is 0 Å². The van der Waals surface area contributed by atoms with Crippen LogP contribution in [0.1, 0.15) is 16.8 Å². The van der Waals surface area contributed by atoms with E-state index in [9.17, 15) is 0 Å². The number of rotatable bonds is 5. The molecule has 4 heterocycles. The summed E-state index contributed by atoms with van der Waals surface area (Å²) in [7, 11) is 0. The van der Waals surface area contributed by atoms with Gasteiger partial charge in [-0.1, -0.05) is 24.3 Å². The van der Waals surface area contributed by atoms with Crippen LogP contribution in [0.15, 0.2) is 53.3 Å². The second-order valence-corrected chi connectivity index (χ2v) is 9.06. The van der Waals surface area contributed by atoms with E-state index in [1.807, 2.05) is 43.6 Å². The Balaban J connectivity index is 1.37. The highest BCUT2D eigenvalue weighted by molar-refractivity contribution is 9.10. The van der Waals surface area contributed by atoms with Crippen LogP contribution in [-0.4, -0.2) is 51.0 Å². The molecule has 1 aliphatic rings. The first-order valence-electron chi connectivity index (χ1n) is 10.8. The van der Waals surface area contributed by atoms with Crippen LogP contribution in [-0.2, 0) is 13.1 Å². The molecule has 0 unspecified atom stereocenters. The number of hydrogen-bond donors (Lipinski definition) is 2. The fourth-order valence-electron chi connectivity index (χ4n) is 4.26. The van der Waals surface area contributed by atoms with Gasteiger partial charge in [0.2, 0.25) is 0 Å². The predicted molar refractivity (Wildman–Crippen MR) is 131 cm³/mol. The Hall–Kier alpha value is -2.81. The summed E-state index contributed by atoms with van der Waals surface area (Å²) in [5.74, 6) is 0.821. The number of aromatic amines is 1. The van der Waals surface area contributed by atoms with Crippen molar-refractivity contribution < 1.29 is 0 Å². The molecule has 0 atom stereocenters. The van der Waals surface area contributed by atoms with Gasteiger partial charge in [0.05, 0.1) is 10.2 Å². The molecule has 4 aromatic rings. The Morgan fingerprint density at radius 3 is 2.53 bits per heavy atom. The second-order valence-electron chi connectivity index (χ2n) is 8.21. The number of piperazine rings is 1. The summed E-state index contributed by atoms with van der Waals surface area (Å²) in [6.07, 6.45) is 3.75. The number of aromatic nitrogens is 4. The summed E-state index contributed by atoms with van der Waals surface area (Å²) in [5.41, 5.74) is 13.1. The summed E-state index contributed by atoms with van der Waals surface area (Å²) in [5, 5.41) is 0. The zero-order valence-electron chi connectivity index (χ0n) is 18.1. The highest BCUT2D eigenvalue weighted by Gasteiger charge is 2.23. The Bertz CT molecular complexity index is 1230. The molecule has 0 aliphatic carbocycles. The van der Waals surface area contributed by atoms with Gasteiger partial charge in [-0.3, -0.25) is 9.88 Å². The first kappa shape index (κ1) is 21.1. The van der Waals surface area contributed by atoms with Crippen molar-refractivity contribution in [3.05, 3.63) is 70.1 Å². The van der Waals surface area contributed by atoms with Crippen molar-refractivity contribution in [3.8, 4) is 11.4 Å². The van der Waals surface area contributed by atoms with Gasteiger partial charge < -0.3 is 15.6 Å². The van der Waals surface area contributed by atoms with Crippen molar-refractivity contribution in [2.75, 3.05) is 31.1 Å². The molecule has 0 saturated carbocycles. The fourth-order valence-corrected chi connectivity index (χ4v) is 4.81. The van der Waals surface area contributed by atoms with E-state index in [0.29, 0.717) is 6.54 Å². The molecular weight excluding hydrogens is 466 g/mol. The summed E-state index contributed by atoms with van der Waals surface area (Å²) in [4.78, 5) is 22.0. The van der Waals surface area contributed by atoms with Gasteiger partial charge in [-0.05, 0) is 46.1 Å². The van der Waals surface area contributed by atoms with E-state index in [1.165, 1.54) is 5.56 Å². The van der Waals surface area contributed by atoms with E-state index in [1.54, 1.807) is 0 Å². The highest BCUT2D eigenvalue weighted by atomic mass is 79.9. The quantitative estimate of drug-likeness (QED) is 0.440. The minimum atomic E-state index is 0.534. The third-order valence-electron chi connectivity index (χ3n) is 5.97. The lowest BCUT2D eigenvalue weighted by molar-refractivity contribution is 0.250. The topological polar surface area (TPSA) is 87.0 Å². The van der Waals surface area contributed by atoms with Crippen LogP contribution in [0.3, 0.4) is 0 Å². The third-order valence-corrected chi connectivity index (χ3v) is 6.55. The maximum atomic E-state index is 5.73. The summed E-state index contributed by atoms with van der Waals surface area (Å²) in [6, 6.07) is 12.4. The zero-order chi connectivity index (χ0) is 22.1. The average Bonchev–Trinajstić information content (AvgIpc) is 3.24. The van der Waals surface area contributed by atoms with Gasteiger partial charge >= 0.3 is 0 Å². The highest BCUT2D eigenvalue weighted by Crippen LogP contribution is 2.34. The number of pyridine rings is 2. The molecule has 7 nitrogen and oxygen atoms in total. The summed E-state index contributed by atoms with van der Waals surface area (Å²) < 4.78 is 0.983. The maximum absolute atomic E-state index is 5.73. The van der Waals surface area contributed by atoms with Gasteiger partial charge in [0.25, 0.3) is 0 Å². The van der Waals surface area contributed by atoms with Gasteiger partial charge in [0, 0.05) is 62.9 Å². The Kier molecular flexibility index (Phi) is 5.91. The molecule has 164 valence electrons. The normalized spacial score (nSPS) is 14.9. The maximum Gasteiger partial charge on any atom is 0.180 e. The van der Waals surface area contributed by atoms with Crippen molar-refractivity contribution in [3.63, 3.8) is 0 Å². The number of nitrogens with two attached hydrogens (primary N) is 1. The molecule has 1 saturated heterocycles. The molecule has 0 amide bonds. The first-order valence-corrected chi connectivity index (χ1v) is 11.6. The Labute approximate surface area is 195 Å². The predicted octanol–water partition coefficient (Wildman–Crippen LogP) is 3.87. The SMILES string of the molecule is Cc1cc(CN2CCN(c3c(Br)cnc4nc(-c5ccc(CN)cc5)[nH]c34)CC2)ccn1. The molecule has 0 bridgehead atoms. The van der Waals surface area contributed by atoms with E-state index >= 15 is 0 Å². The number of hydrogen-bond acceptors (Lipinski definition) is 6. The van der Waals surface area contributed by atoms with Crippen LogP contribution in [0.4, 0.5) is 5.69 Å². The van der Waals surface area contributed by atoms with Crippen LogP contribution < -0.4 is 10.6 Å². The monoisotopic (exact) mass is 491 g/mol. The largest absolute Gasteiger partial charge is 0.366 e. The molecule has 1 aromatic carbocycles. The number of aryl methyl sites for hydroxylation is 1. The van der Waals surface area contributed by atoms with Crippen molar-refractivity contribution in [2.24, 2.45) is 5.73 Å². The second kappa shape index (κ2) is 8.97. The summed E-state index contributed by atoms with van der Waals surface area (Å²) in [6.45, 7) is 7.42. The van der Waals surface area contributed by atoms with Crippen molar-refractivity contribution in [1.82, 2.24) is 24.8 Å². The third kappa shape index (κ3) is 4.26. The number of halogens is 1. The van der Waals surface area contributed by atoms with E-state index in [0.717, 1.165) is 76.7 Å². The van der Waals surface area contributed by atoms with E-state index in [4.69, 9.17) is 10.7 Å². The standard InChI is InChI=1S/C24H26BrN7/c1-16-12-18(6-7-27-16)15-31-8-10-32(11-9-31)22-20(25)14-28-24-21(22)29-23(30-24)19-4-2-17(13-26)3-5-19/h2-7,12,14H,8-11,13,15,26H2,1H3,(H,28,29,30). The van der Waals surface area contributed by atoms with Crippen LogP contribution in [0, 0.1) is 6.92 Å². The molecular formula is C24H26BrN7. The van der Waals surface area contributed by atoms with Crippen LogP contribution in [0.5, 0.6) is 0 Å². The molecule has 1 fully saturated rings. The van der Waals surface area contributed by atoms with Gasteiger partial charge in [0.15, 0.2) is 5.65 Å². The minimum absolute atomic E-state index is 0.534. The van der Waals surface area contributed by atoms with Crippen molar-refractivity contribution in [2.45, 2.75) is 20.0 Å². The van der Waals surface area contributed by atoms with E-state index in [2.05, 4.69) is 52.8 Å². The molecule has 8 heteroatoms. The van der Waals surface area contributed by atoms with E-state index in [-0.39, 0.29) is 0 Å². The molecule has 0 radical (unpaired) electrons. The smallest absolute Gasteiger partial charge is 0.180 e. The van der Waals surface area contributed by atoms with Crippen LogP contribution in [0.25, 0.3) is 22.6 Å². The fraction of sp³-hybridized carbons (Fsp3) is 0.292. The average molecular weight is 492 g/mol. The lowest BCUT2D eigenvalue weighted by Gasteiger charge is -2.36. The van der Waals surface area contributed by atoms with Crippen LogP contribution in [0.2, 0.25) is 0 Å². The number of imidazole rings is 1. The number of nitrogens with one attached hydrogen (secondary N) is 1.